The molecule has 2 aromatic carbocycles. The van der Waals surface area contributed by atoms with Gasteiger partial charge in [-0.1, -0.05) is 24.3 Å². The number of hydrogen-bond donors (Lipinski definition) is 1. The zero-order valence-electron chi connectivity index (χ0n) is 10.7. The summed E-state index contributed by atoms with van der Waals surface area (Å²) in [6, 6.07) is 11.2. The van der Waals surface area contributed by atoms with Crippen LogP contribution in [0.2, 0.25) is 0 Å². The van der Waals surface area contributed by atoms with Gasteiger partial charge in [0.25, 0.3) is 0 Å². The first-order valence-corrected chi connectivity index (χ1v) is 6.02. The Kier molecular flexibility index (Phi) is 4.12. The van der Waals surface area contributed by atoms with E-state index < -0.39 is 11.6 Å². The van der Waals surface area contributed by atoms with Crippen LogP contribution < -0.4 is 5.73 Å². The predicted octanol–water partition coefficient (Wildman–Crippen LogP) is 3.18. The van der Waals surface area contributed by atoms with Crippen LogP contribution in [0.4, 0.5) is 14.5 Å². The van der Waals surface area contributed by atoms with Gasteiger partial charge in [-0.05, 0) is 24.7 Å². The van der Waals surface area contributed by atoms with Crippen molar-refractivity contribution in [1.82, 2.24) is 4.90 Å². The monoisotopic (exact) mass is 262 g/mol. The molecule has 2 N–H and O–H groups in total. The molecular weight excluding hydrogens is 246 g/mol. The molecule has 19 heavy (non-hydrogen) atoms. The van der Waals surface area contributed by atoms with Crippen LogP contribution in [-0.2, 0) is 13.1 Å². The van der Waals surface area contributed by atoms with Crippen LogP contribution in [0.15, 0.2) is 42.5 Å². The number of nitrogens with two attached hydrogens (primary N) is 1. The largest absolute Gasteiger partial charge is 0.398 e. The summed E-state index contributed by atoms with van der Waals surface area (Å²) in [7, 11) is 1.87. The number of anilines is 1. The van der Waals surface area contributed by atoms with Gasteiger partial charge >= 0.3 is 0 Å². The first-order valence-electron chi connectivity index (χ1n) is 6.02. The fourth-order valence-corrected chi connectivity index (χ4v) is 1.97. The van der Waals surface area contributed by atoms with Gasteiger partial charge in [-0.25, -0.2) is 8.78 Å². The van der Waals surface area contributed by atoms with Crippen LogP contribution in [0.1, 0.15) is 11.1 Å². The lowest BCUT2D eigenvalue weighted by Crippen LogP contribution is -2.18. The molecule has 0 aliphatic carbocycles. The van der Waals surface area contributed by atoms with Gasteiger partial charge in [0.1, 0.15) is 11.6 Å². The van der Waals surface area contributed by atoms with Crippen LogP contribution in [0, 0.1) is 11.6 Å². The molecule has 0 fully saturated rings. The third kappa shape index (κ3) is 3.51. The summed E-state index contributed by atoms with van der Waals surface area (Å²) in [5.41, 5.74) is 8.04. The lowest BCUT2D eigenvalue weighted by molar-refractivity contribution is 0.313. The van der Waals surface area contributed by atoms with E-state index in [2.05, 4.69) is 0 Å². The summed E-state index contributed by atoms with van der Waals surface area (Å²) >= 11 is 0. The van der Waals surface area contributed by atoms with Gasteiger partial charge in [-0.2, -0.15) is 0 Å². The van der Waals surface area contributed by atoms with Crippen molar-refractivity contribution in [2.75, 3.05) is 12.8 Å². The molecule has 100 valence electrons. The maximum atomic E-state index is 13.5. The van der Waals surface area contributed by atoms with Crippen LogP contribution in [0.25, 0.3) is 0 Å². The highest BCUT2D eigenvalue weighted by molar-refractivity contribution is 5.46. The minimum Gasteiger partial charge on any atom is -0.398 e. The average molecular weight is 262 g/mol. The molecule has 0 aliphatic heterocycles. The molecule has 0 saturated heterocycles. The van der Waals surface area contributed by atoms with Crippen molar-refractivity contribution in [2.45, 2.75) is 13.1 Å². The summed E-state index contributed by atoms with van der Waals surface area (Å²) in [4.78, 5) is 1.93. The third-order valence-electron chi connectivity index (χ3n) is 2.95. The Morgan fingerprint density at radius 3 is 2.37 bits per heavy atom. The van der Waals surface area contributed by atoms with E-state index in [9.17, 15) is 8.78 Å². The molecule has 0 radical (unpaired) electrons. The number of rotatable bonds is 4. The molecule has 0 amide bonds. The molecule has 0 spiro atoms. The van der Waals surface area contributed by atoms with E-state index in [1.165, 1.54) is 12.1 Å². The standard InChI is InChI=1S/C15H16F2N2/c1-19(10-12-4-2-3-5-15(12)18)9-11-6-7-13(16)8-14(11)17/h2-8H,9-10,18H2,1H3. The molecule has 0 bridgehead atoms. The van der Waals surface area contributed by atoms with Crippen molar-refractivity contribution in [3.63, 3.8) is 0 Å². The number of nitrogens with zero attached hydrogens (tertiary/aromatic N) is 1. The number of hydrogen-bond acceptors (Lipinski definition) is 2. The Morgan fingerprint density at radius 2 is 1.68 bits per heavy atom. The molecule has 2 nitrogen and oxygen atoms in total. The molecule has 0 saturated carbocycles. The van der Waals surface area contributed by atoms with E-state index in [0.29, 0.717) is 24.3 Å². The quantitative estimate of drug-likeness (QED) is 0.857. The molecular formula is C15H16F2N2. The number of para-hydroxylation sites is 1. The van der Waals surface area contributed by atoms with Crippen molar-refractivity contribution in [3.05, 3.63) is 65.2 Å². The molecule has 4 heteroatoms. The van der Waals surface area contributed by atoms with Gasteiger partial charge in [-0.15, -0.1) is 0 Å². The van der Waals surface area contributed by atoms with Gasteiger partial charge in [0.05, 0.1) is 0 Å². The Hall–Kier alpha value is -1.94. The fraction of sp³-hybridized carbons (Fsp3) is 0.200. The average Bonchev–Trinajstić information content (AvgIpc) is 2.36. The highest BCUT2D eigenvalue weighted by Crippen LogP contribution is 2.16. The zero-order chi connectivity index (χ0) is 13.8. The van der Waals surface area contributed by atoms with Crippen LogP contribution >= 0.6 is 0 Å². The Balaban J connectivity index is 2.05. The molecule has 2 rings (SSSR count). The summed E-state index contributed by atoms with van der Waals surface area (Å²) in [5, 5.41) is 0. The van der Waals surface area contributed by atoms with Crippen molar-refractivity contribution < 1.29 is 8.78 Å². The number of benzene rings is 2. The molecule has 0 heterocycles. The molecule has 0 unspecified atom stereocenters. The maximum absolute atomic E-state index is 13.5. The topological polar surface area (TPSA) is 29.3 Å². The minimum atomic E-state index is -0.559. The second-order valence-electron chi connectivity index (χ2n) is 4.61. The van der Waals surface area contributed by atoms with E-state index in [1.54, 1.807) is 0 Å². The van der Waals surface area contributed by atoms with Gasteiger partial charge < -0.3 is 5.73 Å². The van der Waals surface area contributed by atoms with Crippen molar-refractivity contribution in [3.8, 4) is 0 Å². The molecule has 0 aromatic heterocycles. The van der Waals surface area contributed by atoms with Gasteiger partial charge in [0, 0.05) is 30.4 Å². The second kappa shape index (κ2) is 5.80. The lowest BCUT2D eigenvalue weighted by atomic mass is 10.1. The van der Waals surface area contributed by atoms with Gasteiger partial charge in [0.15, 0.2) is 0 Å². The smallest absolute Gasteiger partial charge is 0.130 e. The van der Waals surface area contributed by atoms with Crippen LogP contribution in [-0.4, -0.2) is 11.9 Å². The zero-order valence-corrected chi connectivity index (χ0v) is 10.7. The van der Waals surface area contributed by atoms with E-state index in [1.807, 2.05) is 36.2 Å². The van der Waals surface area contributed by atoms with E-state index in [-0.39, 0.29) is 0 Å². The SMILES string of the molecule is CN(Cc1ccccc1N)Cc1ccc(F)cc1F. The summed E-state index contributed by atoms with van der Waals surface area (Å²) < 4.78 is 26.4. The summed E-state index contributed by atoms with van der Waals surface area (Å²) in [6.07, 6.45) is 0. The summed E-state index contributed by atoms with van der Waals surface area (Å²) in [6.45, 7) is 1.02. The molecule has 2 aromatic rings. The first-order chi connectivity index (χ1) is 9.06. The number of halogens is 2. The van der Waals surface area contributed by atoms with Crippen molar-refractivity contribution in [2.24, 2.45) is 0 Å². The van der Waals surface area contributed by atoms with Crippen LogP contribution in [0.3, 0.4) is 0 Å². The first kappa shape index (κ1) is 13.5. The lowest BCUT2D eigenvalue weighted by Gasteiger charge is -2.18. The Bertz CT molecular complexity index is 570. The summed E-state index contributed by atoms with van der Waals surface area (Å²) in [5.74, 6) is -1.08. The molecule has 0 atom stereocenters. The molecule has 0 aliphatic rings. The van der Waals surface area contributed by atoms with Crippen molar-refractivity contribution >= 4 is 5.69 Å². The third-order valence-corrected chi connectivity index (χ3v) is 2.95. The second-order valence-corrected chi connectivity index (χ2v) is 4.61. The van der Waals surface area contributed by atoms with E-state index in [0.717, 1.165) is 11.6 Å². The normalized spacial score (nSPS) is 10.9. The highest BCUT2D eigenvalue weighted by atomic mass is 19.1. The van der Waals surface area contributed by atoms with Gasteiger partial charge in [0.2, 0.25) is 0 Å². The maximum Gasteiger partial charge on any atom is 0.130 e. The Morgan fingerprint density at radius 1 is 1.00 bits per heavy atom. The fourth-order valence-electron chi connectivity index (χ4n) is 1.97. The van der Waals surface area contributed by atoms with Crippen molar-refractivity contribution in [1.29, 1.82) is 0 Å². The van der Waals surface area contributed by atoms with E-state index in [4.69, 9.17) is 5.73 Å². The predicted molar refractivity (Wildman–Crippen MR) is 72.4 cm³/mol. The Labute approximate surface area is 111 Å². The highest BCUT2D eigenvalue weighted by Gasteiger charge is 2.08. The van der Waals surface area contributed by atoms with E-state index >= 15 is 0 Å². The van der Waals surface area contributed by atoms with Gasteiger partial charge in [-0.3, -0.25) is 4.90 Å². The minimum absolute atomic E-state index is 0.403. The number of nitrogen functional groups attached to an aromatic ring is 1. The van der Waals surface area contributed by atoms with Crippen LogP contribution in [0.5, 0.6) is 0 Å².